The average molecular weight is 172 g/mol. The largest absolute Gasteiger partial charge is 0.411 e. The van der Waals surface area contributed by atoms with Gasteiger partial charge in [0.2, 0.25) is 0 Å². The van der Waals surface area contributed by atoms with Crippen LogP contribution in [-0.2, 0) is 0 Å². The number of primary amides is 1. The first-order valence-electron chi connectivity index (χ1n) is 2.91. The van der Waals surface area contributed by atoms with Crippen molar-refractivity contribution >= 4 is 17.7 Å². The molecule has 0 aliphatic rings. The van der Waals surface area contributed by atoms with Gasteiger partial charge in [0.15, 0.2) is 0 Å². The standard InChI is InChI=1S/C7H6ClNO2/c8-5-1-3-6(4-2-5)11-7(9)10/h1-4H,(H2,9,10). The minimum atomic E-state index is -0.827. The molecule has 0 saturated heterocycles. The Morgan fingerprint density at radius 1 is 1.36 bits per heavy atom. The summed E-state index contributed by atoms with van der Waals surface area (Å²) in [6, 6.07) is 6.35. The van der Waals surface area contributed by atoms with Crippen LogP contribution in [-0.4, -0.2) is 6.09 Å². The van der Waals surface area contributed by atoms with Crippen LogP contribution >= 0.6 is 11.6 Å². The maximum Gasteiger partial charge on any atom is 0.409 e. The Balaban J connectivity index is 2.74. The van der Waals surface area contributed by atoms with E-state index in [2.05, 4.69) is 4.74 Å². The van der Waals surface area contributed by atoms with E-state index in [1.54, 1.807) is 24.3 Å². The van der Waals surface area contributed by atoms with E-state index in [4.69, 9.17) is 17.3 Å². The number of carbonyl (C=O) groups excluding carboxylic acids is 1. The van der Waals surface area contributed by atoms with Crippen molar-refractivity contribution in [3.8, 4) is 5.75 Å². The highest BCUT2D eigenvalue weighted by Gasteiger charge is 1.96. The molecule has 3 nitrogen and oxygen atoms in total. The van der Waals surface area contributed by atoms with Crippen molar-refractivity contribution < 1.29 is 9.53 Å². The zero-order valence-corrected chi connectivity index (χ0v) is 6.34. The van der Waals surface area contributed by atoms with Crippen LogP contribution in [0.15, 0.2) is 24.3 Å². The maximum absolute atomic E-state index is 10.2. The number of ether oxygens (including phenoxy) is 1. The van der Waals surface area contributed by atoms with Crippen LogP contribution in [0.25, 0.3) is 0 Å². The predicted molar refractivity (Wildman–Crippen MR) is 41.7 cm³/mol. The molecule has 0 aromatic heterocycles. The molecule has 0 fully saturated rings. The first-order chi connectivity index (χ1) is 5.18. The lowest BCUT2D eigenvalue weighted by Gasteiger charge is -1.98. The molecule has 0 spiro atoms. The Hall–Kier alpha value is -1.22. The van der Waals surface area contributed by atoms with Gasteiger partial charge < -0.3 is 10.5 Å². The summed E-state index contributed by atoms with van der Waals surface area (Å²) in [5, 5.41) is 0.585. The van der Waals surface area contributed by atoms with Gasteiger partial charge in [-0.15, -0.1) is 0 Å². The van der Waals surface area contributed by atoms with Gasteiger partial charge in [-0.1, -0.05) is 11.6 Å². The van der Waals surface area contributed by atoms with Crippen molar-refractivity contribution in [2.24, 2.45) is 5.73 Å². The number of hydrogen-bond acceptors (Lipinski definition) is 2. The quantitative estimate of drug-likeness (QED) is 0.701. The van der Waals surface area contributed by atoms with Gasteiger partial charge in [0.25, 0.3) is 0 Å². The fraction of sp³-hybridized carbons (Fsp3) is 0. The molecule has 0 saturated carbocycles. The fourth-order valence-corrected chi connectivity index (χ4v) is 0.745. The number of rotatable bonds is 1. The van der Waals surface area contributed by atoms with Crippen LogP contribution in [0.5, 0.6) is 5.75 Å². The van der Waals surface area contributed by atoms with Gasteiger partial charge in [-0.3, -0.25) is 0 Å². The average Bonchev–Trinajstić information content (AvgIpc) is 1.93. The molecule has 2 N–H and O–H groups in total. The monoisotopic (exact) mass is 171 g/mol. The van der Waals surface area contributed by atoms with Crippen molar-refractivity contribution in [2.75, 3.05) is 0 Å². The third kappa shape index (κ3) is 2.47. The number of halogens is 1. The summed E-state index contributed by atoms with van der Waals surface area (Å²) in [7, 11) is 0. The number of amides is 1. The number of nitrogens with two attached hydrogens (primary N) is 1. The molecule has 0 bridgehead atoms. The van der Waals surface area contributed by atoms with E-state index in [9.17, 15) is 4.79 Å². The summed E-state index contributed by atoms with van der Waals surface area (Å²) in [5.74, 6) is 0.391. The normalized spacial score (nSPS) is 9.18. The summed E-state index contributed by atoms with van der Waals surface area (Å²) < 4.78 is 4.55. The molecule has 1 aromatic carbocycles. The van der Waals surface area contributed by atoms with Crippen molar-refractivity contribution in [1.29, 1.82) is 0 Å². The van der Waals surface area contributed by atoms with Crippen molar-refractivity contribution in [3.63, 3.8) is 0 Å². The summed E-state index contributed by atoms with van der Waals surface area (Å²) in [5.41, 5.74) is 4.77. The molecule has 1 aromatic rings. The van der Waals surface area contributed by atoms with Crippen LogP contribution in [0.3, 0.4) is 0 Å². The smallest absolute Gasteiger partial charge is 0.409 e. The van der Waals surface area contributed by atoms with Crippen LogP contribution in [0.4, 0.5) is 4.79 Å². The van der Waals surface area contributed by atoms with E-state index < -0.39 is 6.09 Å². The Morgan fingerprint density at radius 2 is 1.91 bits per heavy atom. The molecule has 0 unspecified atom stereocenters. The lowest BCUT2D eigenvalue weighted by atomic mass is 10.3. The van der Waals surface area contributed by atoms with Gasteiger partial charge in [0.05, 0.1) is 0 Å². The Labute approximate surface area is 68.7 Å². The minimum absolute atomic E-state index is 0.391. The zero-order chi connectivity index (χ0) is 8.27. The minimum Gasteiger partial charge on any atom is -0.411 e. The molecule has 1 rings (SSSR count). The topological polar surface area (TPSA) is 52.3 Å². The number of benzene rings is 1. The van der Waals surface area contributed by atoms with Gasteiger partial charge in [0.1, 0.15) is 5.75 Å². The van der Waals surface area contributed by atoms with Gasteiger partial charge in [0, 0.05) is 5.02 Å². The molecule has 11 heavy (non-hydrogen) atoms. The second-order valence-corrected chi connectivity index (χ2v) is 2.31. The van der Waals surface area contributed by atoms with E-state index in [1.165, 1.54) is 0 Å². The highest BCUT2D eigenvalue weighted by atomic mass is 35.5. The highest BCUT2D eigenvalue weighted by molar-refractivity contribution is 6.30. The molecule has 0 aliphatic heterocycles. The van der Waals surface area contributed by atoms with Crippen molar-refractivity contribution in [3.05, 3.63) is 29.3 Å². The van der Waals surface area contributed by atoms with E-state index >= 15 is 0 Å². The Bertz CT molecular complexity index is 258. The second kappa shape index (κ2) is 3.25. The van der Waals surface area contributed by atoms with Gasteiger partial charge in [-0.05, 0) is 24.3 Å². The molecule has 58 valence electrons. The van der Waals surface area contributed by atoms with Gasteiger partial charge >= 0.3 is 6.09 Å². The molecule has 0 atom stereocenters. The van der Waals surface area contributed by atoms with E-state index in [-0.39, 0.29) is 0 Å². The van der Waals surface area contributed by atoms with E-state index in [0.29, 0.717) is 10.8 Å². The van der Waals surface area contributed by atoms with E-state index in [0.717, 1.165) is 0 Å². The highest BCUT2D eigenvalue weighted by Crippen LogP contribution is 2.14. The first-order valence-corrected chi connectivity index (χ1v) is 3.29. The Morgan fingerprint density at radius 3 is 2.36 bits per heavy atom. The fourth-order valence-electron chi connectivity index (χ4n) is 0.619. The molecule has 0 heterocycles. The summed E-state index contributed by atoms with van der Waals surface area (Å²) in [4.78, 5) is 10.2. The lowest BCUT2D eigenvalue weighted by Crippen LogP contribution is -2.15. The summed E-state index contributed by atoms with van der Waals surface area (Å²) in [6.45, 7) is 0. The van der Waals surface area contributed by atoms with Crippen LogP contribution in [0.1, 0.15) is 0 Å². The molecule has 4 heteroatoms. The third-order valence-electron chi connectivity index (χ3n) is 1.03. The maximum atomic E-state index is 10.2. The zero-order valence-electron chi connectivity index (χ0n) is 5.58. The van der Waals surface area contributed by atoms with E-state index in [1.807, 2.05) is 0 Å². The molecule has 1 amide bonds. The SMILES string of the molecule is NC(=O)Oc1ccc(Cl)cc1. The van der Waals surface area contributed by atoms with Crippen LogP contribution in [0.2, 0.25) is 5.02 Å². The van der Waals surface area contributed by atoms with Crippen LogP contribution < -0.4 is 10.5 Å². The molecule has 0 radical (unpaired) electrons. The first kappa shape index (κ1) is 7.88. The van der Waals surface area contributed by atoms with Crippen molar-refractivity contribution in [2.45, 2.75) is 0 Å². The summed E-state index contributed by atoms with van der Waals surface area (Å²) >= 11 is 5.58. The molecular weight excluding hydrogens is 166 g/mol. The molecule has 0 aliphatic carbocycles. The Kier molecular flexibility index (Phi) is 2.33. The lowest BCUT2D eigenvalue weighted by molar-refractivity contribution is 0.211. The summed E-state index contributed by atoms with van der Waals surface area (Å²) in [6.07, 6.45) is -0.827. The van der Waals surface area contributed by atoms with Crippen molar-refractivity contribution in [1.82, 2.24) is 0 Å². The molecular formula is C7H6ClNO2. The predicted octanol–water partition coefficient (Wildman–Crippen LogP) is 1.80. The van der Waals surface area contributed by atoms with Crippen LogP contribution in [0, 0.1) is 0 Å². The van der Waals surface area contributed by atoms with Gasteiger partial charge in [-0.2, -0.15) is 0 Å². The third-order valence-corrected chi connectivity index (χ3v) is 1.28. The second-order valence-electron chi connectivity index (χ2n) is 1.88. The number of carbonyl (C=O) groups is 1. The van der Waals surface area contributed by atoms with Gasteiger partial charge in [-0.25, -0.2) is 4.79 Å². The number of hydrogen-bond donors (Lipinski definition) is 1.